The Morgan fingerprint density at radius 1 is 1.07 bits per heavy atom. The van der Waals surface area contributed by atoms with E-state index in [1.165, 1.54) is 0 Å². The van der Waals surface area contributed by atoms with Crippen LogP contribution in [-0.4, -0.2) is 34.5 Å². The number of amides is 1. The van der Waals surface area contributed by atoms with Gasteiger partial charge in [-0.3, -0.25) is 19.0 Å². The summed E-state index contributed by atoms with van der Waals surface area (Å²) in [5.41, 5.74) is 2.56. The van der Waals surface area contributed by atoms with Gasteiger partial charge in [0.25, 0.3) is 5.56 Å². The van der Waals surface area contributed by atoms with Gasteiger partial charge in [0.1, 0.15) is 5.82 Å². The van der Waals surface area contributed by atoms with Crippen LogP contribution in [0.3, 0.4) is 0 Å². The van der Waals surface area contributed by atoms with Gasteiger partial charge in [0, 0.05) is 12.3 Å². The van der Waals surface area contributed by atoms with Crippen molar-refractivity contribution < 1.29 is 14.3 Å². The molecule has 0 radical (unpaired) electrons. The first-order valence-corrected chi connectivity index (χ1v) is 9.16. The molecule has 0 fully saturated rings. The lowest BCUT2D eigenvalue weighted by molar-refractivity contribution is -0.116. The van der Waals surface area contributed by atoms with Crippen molar-refractivity contribution in [1.29, 1.82) is 0 Å². The van der Waals surface area contributed by atoms with E-state index in [9.17, 15) is 9.59 Å². The number of ether oxygens (including phenoxy) is 2. The number of rotatable bonds is 3. The summed E-state index contributed by atoms with van der Waals surface area (Å²) >= 11 is 0. The van der Waals surface area contributed by atoms with E-state index in [0.29, 0.717) is 28.7 Å². The lowest BCUT2D eigenvalue weighted by Gasteiger charge is -2.26. The van der Waals surface area contributed by atoms with Gasteiger partial charge in [0.05, 0.1) is 30.8 Å². The Hall–Kier alpha value is -3.81. The predicted molar refractivity (Wildman–Crippen MR) is 108 cm³/mol. The first-order chi connectivity index (χ1) is 14.1. The normalized spacial score (nSPS) is 15.9. The number of nitrogens with zero attached hydrogens (tertiary/aromatic N) is 2. The highest BCUT2D eigenvalue weighted by atomic mass is 16.5. The van der Waals surface area contributed by atoms with Gasteiger partial charge in [-0.2, -0.15) is 0 Å². The summed E-state index contributed by atoms with van der Waals surface area (Å²) in [5.74, 6) is 1.39. The number of fused-ring (bicyclic) bond motifs is 5. The summed E-state index contributed by atoms with van der Waals surface area (Å²) in [6.07, 6.45) is 0.156. The first kappa shape index (κ1) is 17.3. The van der Waals surface area contributed by atoms with Crippen molar-refractivity contribution in [3.63, 3.8) is 0 Å². The molecule has 2 N–H and O–H groups in total. The van der Waals surface area contributed by atoms with E-state index in [1.54, 1.807) is 24.7 Å². The molecule has 0 spiro atoms. The number of hydrogen-bond acceptors (Lipinski definition) is 5. The topological polar surface area (TPSA) is 97.7 Å². The van der Waals surface area contributed by atoms with Crippen LogP contribution in [0.4, 0.5) is 5.82 Å². The summed E-state index contributed by atoms with van der Waals surface area (Å²) in [6.45, 7) is 0. The largest absolute Gasteiger partial charge is 0.493 e. The second kappa shape index (κ2) is 6.37. The molecule has 0 bridgehead atoms. The molecule has 1 aliphatic rings. The number of H-pyrrole nitrogens is 1. The van der Waals surface area contributed by atoms with Gasteiger partial charge in [0.15, 0.2) is 11.5 Å². The van der Waals surface area contributed by atoms with Gasteiger partial charge >= 0.3 is 0 Å². The van der Waals surface area contributed by atoms with Crippen LogP contribution in [0.5, 0.6) is 11.5 Å². The molecule has 2 aromatic carbocycles. The summed E-state index contributed by atoms with van der Waals surface area (Å²) in [5, 5.41) is 2.88. The van der Waals surface area contributed by atoms with Gasteiger partial charge in [0.2, 0.25) is 11.7 Å². The van der Waals surface area contributed by atoms with Crippen LogP contribution in [-0.2, 0) is 4.79 Å². The fraction of sp³-hybridized carbons (Fsp3) is 0.190. The van der Waals surface area contributed by atoms with Crippen LogP contribution >= 0.6 is 0 Å². The van der Waals surface area contributed by atoms with Crippen LogP contribution in [0, 0.1) is 0 Å². The number of hydrogen-bond donors (Lipinski definition) is 2. The second-order valence-electron chi connectivity index (χ2n) is 6.90. The van der Waals surface area contributed by atoms with Crippen molar-refractivity contribution in [2.45, 2.75) is 12.3 Å². The number of para-hydroxylation sites is 2. The Kier molecular flexibility index (Phi) is 3.80. The average Bonchev–Trinajstić information content (AvgIpc) is 3.10. The highest BCUT2D eigenvalue weighted by Gasteiger charge is 2.32. The minimum absolute atomic E-state index is 0.156. The number of anilines is 1. The monoisotopic (exact) mass is 390 g/mol. The summed E-state index contributed by atoms with van der Waals surface area (Å²) < 4.78 is 12.5. The molecule has 0 saturated carbocycles. The molecule has 1 aliphatic heterocycles. The van der Waals surface area contributed by atoms with Crippen molar-refractivity contribution in [3.05, 3.63) is 63.9 Å². The SMILES string of the molecule is COc1ccc([C@H]2CC(=O)Nc3c2c(=O)[nH]c2nc4ccccc4n32)cc1OC. The summed E-state index contributed by atoms with van der Waals surface area (Å²) in [7, 11) is 3.11. The van der Waals surface area contributed by atoms with E-state index < -0.39 is 5.92 Å². The molecule has 0 aliphatic carbocycles. The molecule has 0 saturated heterocycles. The molecule has 29 heavy (non-hydrogen) atoms. The van der Waals surface area contributed by atoms with Crippen LogP contribution in [0.2, 0.25) is 0 Å². The van der Waals surface area contributed by atoms with E-state index in [2.05, 4.69) is 15.3 Å². The van der Waals surface area contributed by atoms with Crippen LogP contribution in [0.1, 0.15) is 23.5 Å². The zero-order valence-electron chi connectivity index (χ0n) is 15.9. The molecule has 3 heterocycles. The molecule has 5 rings (SSSR count). The standard InChI is InChI=1S/C21H18N4O4/c1-28-15-8-7-11(9-16(15)29-2)12-10-17(26)23-19-18(12)20(27)24-21-22-13-5-3-4-6-14(13)25(19)21/h3-9,12H,10H2,1-2H3,(H,23,26)(H,22,24,27)/t12-/m1/s1. The average molecular weight is 390 g/mol. The molecule has 0 unspecified atom stereocenters. The molecule has 8 nitrogen and oxygen atoms in total. The van der Waals surface area contributed by atoms with Crippen LogP contribution in [0.15, 0.2) is 47.3 Å². The Labute approximate surface area is 165 Å². The van der Waals surface area contributed by atoms with Crippen molar-refractivity contribution in [3.8, 4) is 11.5 Å². The number of aromatic amines is 1. The maximum Gasteiger partial charge on any atom is 0.258 e. The Morgan fingerprint density at radius 3 is 2.66 bits per heavy atom. The van der Waals surface area contributed by atoms with E-state index in [1.807, 2.05) is 36.4 Å². The lowest BCUT2D eigenvalue weighted by Crippen LogP contribution is -2.32. The predicted octanol–water partition coefficient (Wildman–Crippen LogP) is 2.67. The number of aromatic nitrogens is 3. The van der Waals surface area contributed by atoms with Crippen LogP contribution < -0.4 is 20.3 Å². The van der Waals surface area contributed by atoms with Crippen molar-refractivity contribution in [2.24, 2.45) is 0 Å². The quantitative estimate of drug-likeness (QED) is 0.561. The number of benzene rings is 2. The highest BCUT2D eigenvalue weighted by Crippen LogP contribution is 2.39. The molecule has 2 aromatic heterocycles. The third-order valence-corrected chi connectivity index (χ3v) is 5.32. The van der Waals surface area contributed by atoms with Crippen LogP contribution in [0.25, 0.3) is 16.8 Å². The van der Waals surface area contributed by atoms with E-state index in [4.69, 9.17) is 9.47 Å². The maximum absolute atomic E-state index is 13.0. The van der Waals surface area contributed by atoms with Crippen molar-refractivity contribution >= 4 is 28.5 Å². The van der Waals surface area contributed by atoms with Gasteiger partial charge in [-0.1, -0.05) is 18.2 Å². The zero-order chi connectivity index (χ0) is 20.1. The minimum Gasteiger partial charge on any atom is -0.493 e. The highest BCUT2D eigenvalue weighted by molar-refractivity contribution is 5.96. The molecular weight excluding hydrogens is 372 g/mol. The Balaban J connectivity index is 1.79. The lowest BCUT2D eigenvalue weighted by atomic mass is 9.86. The maximum atomic E-state index is 13.0. The second-order valence-corrected chi connectivity index (χ2v) is 6.90. The molecule has 146 valence electrons. The van der Waals surface area contributed by atoms with E-state index in [0.717, 1.165) is 16.6 Å². The number of methoxy groups -OCH3 is 2. The fourth-order valence-electron chi connectivity index (χ4n) is 4.00. The Morgan fingerprint density at radius 2 is 1.86 bits per heavy atom. The van der Waals surface area contributed by atoms with E-state index in [-0.39, 0.29) is 17.9 Å². The number of imidazole rings is 1. The molecule has 1 atom stereocenters. The first-order valence-electron chi connectivity index (χ1n) is 9.16. The van der Waals surface area contributed by atoms with Gasteiger partial charge in [-0.25, -0.2) is 4.98 Å². The molecular formula is C21H18N4O4. The van der Waals surface area contributed by atoms with Gasteiger partial charge in [-0.15, -0.1) is 0 Å². The third-order valence-electron chi connectivity index (χ3n) is 5.32. The number of carbonyl (C=O) groups is 1. The number of nitrogens with one attached hydrogen (secondary N) is 2. The summed E-state index contributed by atoms with van der Waals surface area (Å²) in [4.78, 5) is 32.9. The van der Waals surface area contributed by atoms with Crippen molar-refractivity contribution in [1.82, 2.24) is 14.4 Å². The number of carbonyl (C=O) groups excluding carboxylic acids is 1. The molecule has 1 amide bonds. The third kappa shape index (κ3) is 2.56. The Bertz CT molecular complexity index is 1340. The van der Waals surface area contributed by atoms with E-state index >= 15 is 0 Å². The van der Waals surface area contributed by atoms with Gasteiger partial charge in [-0.05, 0) is 29.8 Å². The fourth-order valence-corrected chi connectivity index (χ4v) is 4.00. The molecule has 4 aromatic rings. The molecule has 8 heteroatoms. The van der Waals surface area contributed by atoms with Gasteiger partial charge < -0.3 is 14.8 Å². The summed E-state index contributed by atoms with van der Waals surface area (Å²) in [6, 6.07) is 13.0. The minimum atomic E-state index is -0.423. The smallest absolute Gasteiger partial charge is 0.258 e. The van der Waals surface area contributed by atoms with Crippen molar-refractivity contribution in [2.75, 3.05) is 19.5 Å². The zero-order valence-corrected chi connectivity index (χ0v) is 15.9.